The SMILES string of the molecule is C[Si](C)(C)O[Si](C)(C)O[Si](C)(C)CCCOCCOCCCO. The summed E-state index contributed by atoms with van der Waals surface area (Å²) in [5.41, 5.74) is 0. The summed E-state index contributed by atoms with van der Waals surface area (Å²) >= 11 is 0. The molecule has 0 fully saturated rings. The summed E-state index contributed by atoms with van der Waals surface area (Å²) in [5.74, 6) is 0. The molecule has 1 N–H and O–H groups in total. The van der Waals surface area contributed by atoms with Gasteiger partial charge in [0.2, 0.25) is 0 Å². The van der Waals surface area contributed by atoms with E-state index in [4.69, 9.17) is 22.8 Å². The van der Waals surface area contributed by atoms with Crippen molar-refractivity contribution in [2.75, 3.05) is 33.0 Å². The molecular weight excluding hydrogens is 344 g/mol. The molecule has 0 aliphatic carbocycles. The molecule has 0 aromatic rings. The van der Waals surface area contributed by atoms with Gasteiger partial charge in [-0.15, -0.1) is 0 Å². The van der Waals surface area contributed by atoms with Gasteiger partial charge in [0.1, 0.15) is 0 Å². The lowest BCUT2D eigenvalue weighted by Gasteiger charge is -2.37. The van der Waals surface area contributed by atoms with Crippen LogP contribution in [0.2, 0.25) is 51.9 Å². The van der Waals surface area contributed by atoms with Gasteiger partial charge in [-0.05, 0) is 64.7 Å². The molecule has 0 heterocycles. The zero-order chi connectivity index (χ0) is 18.0. The van der Waals surface area contributed by atoms with E-state index < -0.39 is 25.2 Å². The Morgan fingerprint density at radius 3 is 1.70 bits per heavy atom. The number of hydrogen-bond acceptors (Lipinski definition) is 5. The molecule has 0 rings (SSSR count). The fraction of sp³-hybridized carbons (Fsp3) is 1.00. The maximum absolute atomic E-state index is 8.63. The highest BCUT2D eigenvalue weighted by molar-refractivity contribution is 6.87. The van der Waals surface area contributed by atoms with E-state index in [0.717, 1.165) is 19.1 Å². The van der Waals surface area contributed by atoms with Gasteiger partial charge in [-0.25, -0.2) is 0 Å². The monoisotopic (exact) mass is 382 g/mol. The maximum atomic E-state index is 8.63. The van der Waals surface area contributed by atoms with Crippen molar-refractivity contribution in [3.05, 3.63) is 0 Å². The van der Waals surface area contributed by atoms with Crippen LogP contribution < -0.4 is 0 Å². The van der Waals surface area contributed by atoms with Crippen molar-refractivity contribution in [1.29, 1.82) is 0 Å². The van der Waals surface area contributed by atoms with Gasteiger partial charge < -0.3 is 22.8 Å². The molecule has 0 bridgehead atoms. The molecule has 0 spiro atoms. The molecule has 23 heavy (non-hydrogen) atoms. The molecule has 0 unspecified atom stereocenters. The smallest absolute Gasteiger partial charge is 0.311 e. The highest BCUT2D eigenvalue weighted by Crippen LogP contribution is 2.23. The number of aliphatic hydroxyl groups is 1. The number of hydrogen-bond donors (Lipinski definition) is 1. The second kappa shape index (κ2) is 11.1. The predicted octanol–water partition coefficient (Wildman–Crippen LogP) is 3.57. The Morgan fingerprint density at radius 1 is 0.696 bits per heavy atom. The first kappa shape index (κ1) is 23.5. The van der Waals surface area contributed by atoms with Crippen LogP contribution in [0.1, 0.15) is 12.8 Å². The lowest BCUT2D eigenvalue weighted by molar-refractivity contribution is 0.0427. The Hall–Kier alpha value is 0.451. The predicted molar refractivity (Wildman–Crippen MR) is 103 cm³/mol. The van der Waals surface area contributed by atoms with Crippen LogP contribution >= 0.6 is 0 Å². The van der Waals surface area contributed by atoms with Crippen molar-refractivity contribution >= 4 is 25.2 Å². The number of aliphatic hydroxyl groups excluding tert-OH is 1. The Labute approximate surface area is 146 Å². The average Bonchev–Trinajstić information content (AvgIpc) is 2.32. The topological polar surface area (TPSA) is 57.2 Å². The van der Waals surface area contributed by atoms with E-state index in [9.17, 15) is 0 Å². The summed E-state index contributed by atoms with van der Waals surface area (Å²) in [6.45, 7) is 18.3. The van der Waals surface area contributed by atoms with Crippen molar-refractivity contribution < 1.29 is 22.8 Å². The van der Waals surface area contributed by atoms with Gasteiger partial charge in [0, 0.05) is 19.8 Å². The van der Waals surface area contributed by atoms with Crippen LogP contribution in [0.3, 0.4) is 0 Å². The zero-order valence-electron chi connectivity index (χ0n) is 16.2. The van der Waals surface area contributed by atoms with Crippen LogP contribution in [-0.4, -0.2) is 63.3 Å². The van der Waals surface area contributed by atoms with Gasteiger partial charge in [0.25, 0.3) is 0 Å². The van der Waals surface area contributed by atoms with Crippen molar-refractivity contribution in [2.45, 2.75) is 64.7 Å². The lowest BCUT2D eigenvalue weighted by Crippen LogP contribution is -2.51. The minimum Gasteiger partial charge on any atom is -0.437 e. The van der Waals surface area contributed by atoms with Crippen LogP contribution in [-0.2, 0) is 17.7 Å². The van der Waals surface area contributed by atoms with E-state index in [2.05, 4.69) is 45.8 Å². The lowest BCUT2D eigenvalue weighted by atomic mass is 10.5. The van der Waals surface area contributed by atoms with Crippen LogP contribution in [0.4, 0.5) is 0 Å². The van der Waals surface area contributed by atoms with Crippen LogP contribution in [0.15, 0.2) is 0 Å². The summed E-state index contributed by atoms with van der Waals surface area (Å²) in [6.07, 6.45) is 1.71. The molecule has 8 heteroatoms. The maximum Gasteiger partial charge on any atom is 0.311 e. The van der Waals surface area contributed by atoms with Crippen LogP contribution in [0, 0.1) is 0 Å². The molecule has 0 amide bonds. The van der Waals surface area contributed by atoms with Gasteiger partial charge in [0.05, 0.1) is 13.2 Å². The van der Waals surface area contributed by atoms with Gasteiger partial charge in [-0.3, -0.25) is 0 Å². The molecule has 0 aliphatic heterocycles. The third-order valence-corrected chi connectivity index (χ3v) is 13.1. The van der Waals surface area contributed by atoms with Gasteiger partial charge in [0.15, 0.2) is 16.6 Å². The van der Waals surface area contributed by atoms with Crippen molar-refractivity contribution in [1.82, 2.24) is 0 Å². The molecule has 0 saturated carbocycles. The normalized spacial score (nSPS) is 13.6. The molecule has 140 valence electrons. The quantitative estimate of drug-likeness (QED) is 0.368. The molecular formula is C15H38O5Si3. The van der Waals surface area contributed by atoms with Crippen LogP contribution in [0.5, 0.6) is 0 Å². The molecule has 0 saturated heterocycles. The Balaban J connectivity index is 3.83. The molecule has 5 nitrogen and oxygen atoms in total. The average molecular weight is 383 g/mol. The minimum absolute atomic E-state index is 0.182. The third-order valence-electron chi connectivity index (χ3n) is 2.96. The van der Waals surface area contributed by atoms with Crippen molar-refractivity contribution in [2.24, 2.45) is 0 Å². The summed E-state index contributed by atoms with van der Waals surface area (Å²) in [7, 11) is -5.28. The first-order chi connectivity index (χ1) is 10.5. The standard InChI is InChI=1S/C15H38O5Si3/c1-21(2,3)19-23(6,7)20-22(4,5)15-9-12-18-14-13-17-11-8-10-16/h16H,8-15H2,1-7H3. The van der Waals surface area contributed by atoms with E-state index in [1.807, 2.05) is 0 Å². The Bertz CT molecular complexity index is 306. The summed E-state index contributed by atoms with van der Waals surface area (Å²) < 4.78 is 23.6. The first-order valence-electron chi connectivity index (χ1n) is 8.64. The fourth-order valence-electron chi connectivity index (χ4n) is 2.56. The van der Waals surface area contributed by atoms with E-state index in [1.165, 1.54) is 0 Å². The van der Waals surface area contributed by atoms with E-state index in [-0.39, 0.29) is 6.61 Å². The molecule has 0 radical (unpaired) electrons. The highest BCUT2D eigenvalue weighted by atomic mass is 28.5. The second-order valence-corrected chi connectivity index (χ2v) is 20.6. The summed E-state index contributed by atoms with van der Waals surface area (Å²) in [6, 6.07) is 1.09. The third kappa shape index (κ3) is 15.7. The second-order valence-electron chi connectivity index (χ2n) is 7.88. The van der Waals surface area contributed by atoms with E-state index in [0.29, 0.717) is 26.2 Å². The number of ether oxygens (including phenoxy) is 2. The highest BCUT2D eigenvalue weighted by Gasteiger charge is 2.37. The Morgan fingerprint density at radius 2 is 1.22 bits per heavy atom. The molecule has 0 aromatic heterocycles. The largest absolute Gasteiger partial charge is 0.437 e. The first-order valence-corrected chi connectivity index (χ1v) is 18.0. The van der Waals surface area contributed by atoms with E-state index >= 15 is 0 Å². The fourth-order valence-corrected chi connectivity index (χ4v) is 15.7. The van der Waals surface area contributed by atoms with Gasteiger partial charge in [-0.1, -0.05) is 0 Å². The van der Waals surface area contributed by atoms with Gasteiger partial charge in [-0.2, -0.15) is 0 Å². The van der Waals surface area contributed by atoms with E-state index in [1.54, 1.807) is 0 Å². The molecule has 0 aliphatic rings. The zero-order valence-corrected chi connectivity index (χ0v) is 19.2. The van der Waals surface area contributed by atoms with Crippen molar-refractivity contribution in [3.8, 4) is 0 Å². The van der Waals surface area contributed by atoms with Crippen LogP contribution in [0.25, 0.3) is 0 Å². The van der Waals surface area contributed by atoms with Crippen molar-refractivity contribution in [3.63, 3.8) is 0 Å². The number of rotatable bonds is 14. The van der Waals surface area contributed by atoms with Gasteiger partial charge >= 0.3 is 8.56 Å². The minimum atomic E-state index is -2.03. The Kier molecular flexibility index (Phi) is 11.4. The molecule has 0 aromatic carbocycles. The molecule has 0 atom stereocenters. The summed E-state index contributed by atoms with van der Waals surface area (Å²) in [4.78, 5) is 0. The summed E-state index contributed by atoms with van der Waals surface area (Å²) in [5, 5.41) is 8.63.